The number of pyridine rings is 1. The van der Waals surface area contributed by atoms with Gasteiger partial charge in [0.15, 0.2) is 0 Å². The van der Waals surface area contributed by atoms with E-state index in [4.69, 9.17) is 10.8 Å². The highest BCUT2D eigenvalue weighted by molar-refractivity contribution is 5.79. The fourth-order valence-corrected chi connectivity index (χ4v) is 0.809. The average Bonchev–Trinajstić information content (AvgIpc) is 2.14. The molecule has 0 aliphatic carbocycles. The number of amides is 1. The molecule has 1 amide bonds. The number of halogens is 1. The van der Waals surface area contributed by atoms with Crippen LogP contribution in [0.2, 0.25) is 0 Å². The standard InChI is InChI=1S/C8H10FN3O2/c9-6-2-1-3-7(12-6)11-4-5(13)8(10)14/h1-3,5,13H,4H2,(H2,10,14)(H,11,12). The van der Waals surface area contributed by atoms with Gasteiger partial charge in [0, 0.05) is 0 Å². The van der Waals surface area contributed by atoms with Gasteiger partial charge in [0.2, 0.25) is 11.9 Å². The number of anilines is 1. The predicted molar refractivity (Wildman–Crippen MR) is 47.9 cm³/mol. The molecular formula is C8H10FN3O2. The molecule has 5 nitrogen and oxygen atoms in total. The summed E-state index contributed by atoms with van der Waals surface area (Å²) in [5.41, 5.74) is 4.81. The minimum Gasteiger partial charge on any atom is -0.381 e. The van der Waals surface area contributed by atoms with E-state index in [1.165, 1.54) is 18.2 Å². The van der Waals surface area contributed by atoms with E-state index >= 15 is 0 Å². The van der Waals surface area contributed by atoms with E-state index < -0.39 is 18.0 Å². The zero-order valence-electron chi connectivity index (χ0n) is 7.27. The van der Waals surface area contributed by atoms with Gasteiger partial charge in [-0.1, -0.05) is 6.07 Å². The number of rotatable bonds is 4. The van der Waals surface area contributed by atoms with Crippen LogP contribution in [0.4, 0.5) is 10.2 Å². The van der Waals surface area contributed by atoms with E-state index in [9.17, 15) is 9.18 Å². The van der Waals surface area contributed by atoms with Crippen LogP contribution in [0.25, 0.3) is 0 Å². The van der Waals surface area contributed by atoms with Gasteiger partial charge < -0.3 is 16.2 Å². The van der Waals surface area contributed by atoms with Crippen molar-refractivity contribution in [2.75, 3.05) is 11.9 Å². The molecule has 0 saturated carbocycles. The van der Waals surface area contributed by atoms with Gasteiger partial charge in [0.25, 0.3) is 0 Å². The number of nitrogens with zero attached hydrogens (tertiary/aromatic N) is 1. The largest absolute Gasteiger partial charge is 0.381 e. The molecule has 0 aliphatic rings. The fraction of sp³-hybridized carbons (Fsp3) is 0.250. The summed E-state index contributed by atoms with van der Waals surface area (Å²) in [5.74, 6) is -1.23. The number of carbonyl (C=O) groups excluding carboxylic acids is 1. The summed E-state index contributed by atoms with van der Waals surface area (Å²) in [6.07, 6.45) is -1.31. The molecular weight excluding hydrogens is 189 g/mol. The van der Waals surface area contributed by atoms with E-state index in [2.05, 4.69) is 10.3 Å². The molecule has 1 atom stereocenters. The van der Waals surface area contributed by atoms with Crippen LogP contribution < -0.4 is 11.1 Å². The van der Waals surface area contributed by atoms with E-state index in [1.807, 2.05) is 0 Å². The number of primary amides is 1. The molecule has 0 spiro atoms. The third-order valence-corrected chi connectivity index (χ3v) is 1.52. The van der Waals surface area contributed by atoms with E-state index in [-0.39, 0.29) is 12.4 Å². The zero-order chi connectivity index (χ0) is 10.6. The molecule has 0 radical (unpaired) electrons. The SMILES string of the molecule is NC(=O)C(O)CNc1cccc(F)n1. The van der Waals surface area contributed by atoms with Crippen molar-refractivity contribution in [1.82, 2.24) is 4.98 Å². The second-order valence-corrected chi connectivity index (χ2v) is 2.64. The Morgan fingerprint density at radius 3 is 3.00 bits per heavy atom. The Hall–Kier alpha value is -1.69. The zero-order valence-corrected chi connectivity index (χ0v) is 7.27. The van der Waals surface area contributed by atoms with Crippen molar-refractivity contribution in [3.8, 4) is 0 Å². The van der Waals surface area contributed by atoms with Gasteiger partial charge in [-0.15, -0.1) is 0 Å². The summed E-state index contributed by atoms with van der Waals surface area (Å²) in [6.45, 7) is -0.0915. The van der Waals surface area contributed by atoms with Crippen LogP contribution in [0.15, 0.2) is 18.2 Å². The minimum atomic E-state index is -1.31. The van der Waals surface area contributed by atoms with Crippen molar-refractivity contribution in [3.63, 3.8) is 0 Å². The molecule has 1 unspecified atom stereocenters. The highest BCUT2D eigenvalue weighted by Gasteiger charge is 2.09. The fourth-order valence-electron chi connectivity index (χ4n) is 0.809. The number of nitrogens with two attached hydrogens (primary N) is 1. The average molecular weight is 199 g/mol. The monoisotopic (exact) mass is 199 g/mol. The molecule has 0 aliphatic heterocycles. The molecule has 0 fully saturated rings. The van der Waals surface area contributed by atoms with Crippen LogP contribution in [-0.4, -0.2) is 28.6 Å². The number of hydrogen-bond acceptors (Lipinski definition) is 4. The minimum absolute atomic E-state index is 0.0915. The van der Waals surface area contributed by atoms with Crippen LogP contribution >= 0.6 is 0 Å². The number of aromatic nitrogens is 1. The Kier molecular flexibility index (Phi) is 3.35. The topological polar surface area (TPSA) is 88.2 Å². The van der Waals surface area contributed by atoms with Crippen LogP contribution in [0.3, 0.4) is 0 Å². The third kappa shape index (κ3) is 2.98. The first kappa shape index (κ1) is 10.4. The van der Waals surface area contributed by atoms with Crippen molar-refractivity contribution in [2.45, 2.75) is 6.10 Å². The molecule has 1 rings (SSSR count). The Morgan fingerprint density at radius 1 is 1.71 bits per heavy atom. The quantitative estimate of drug-likeness (QED) is 0.569. The van der Waals surface area contributed by atoms with Gasteiger partial charge in [-0.2, -0.15) is 4.39 Å². The maximum absolute atomic E-state index is 12.5. The number of carbonyl (C=O) groups is 1. The van der Waals surface area contributed by atoms with Crippen LogP contribution in [0, 0.1) is 5.95 Å². The maximum Gasteiger partial charge on any atom is 0.248 e. The lowest BCUT2D eigenvalue weighted by Gasteiger charge is -2.08. The smallest absolute Gasteiger partial charge is 0.248 e. The van der Waals surface area contributed by atoms with Crippen LogP contribution in [0.5, 0.6) is 0 Å². The second-order valence-electron chi connectivity index (χ2n) is 2.64. The predicted octanol–water partition coefficient (Wildman–Crippen LogP) is -0.521. The molecule has 1 aromatic heterocycles. The first-order chi connectivity index (χ1) is 6.59. The Bertz CT molecular complexity index is 332. The maximum atomic E-state index is 12.5. The third-order valence-electron chi connectivity index (χ3n) is 1.52. The van der Waals surface area contributed by atoms with E-state index in [0.717, 1.165) is 0 Å². The summed E-state index contributed by atoms with van der Waals surface area (Å²) in [6, 6.07) is 4.16. The number of aliphatic hydroxyl groups excluding tert-OH is 1. The summed E-state index contributed by atoms with van der Waals surface area (Å²) >= 11 is 0. The first-order valence-electron chi connectivity index (χ1n) is 3.93. The van der Waals surface area contributed by atoms with Gasteiger partial charge in [-0.05, 0) is 12.1 Å². The van der Waals surface area contributed by atoms with Crippen molar-refractivity contribution in [1.29, 1.82) is 0 Å². The summed E-state index contributed by atoms with van der Waals surface area (Å²) in [5, 5.41) is 11.6. The lowest BCUT2D eigenvalue weighted by Crippen LogP contribution is -2.34. The number of hydrogen-bond donors (Lipinski definition) is 3. The lowest BCUT2D eigenvalue weighted by molar-refractivity contribution is -0.125. The summed E-state index contributed by atoms with van der Waals surface area (Å²) in [4.78, 5) is 13.9. The van der Waals surface area contributed by atoms with Gasteiger partial charge in [-0.3, -0.25) is 4.79 Å². The first-order valence-corrected chi connectivity index (χ1v) is 3.93. The number of aliphatic hydroxyl groups is 1. The molecule has 1 heterocycles. The van der Waals surface area contributed by atoms with E-state index in [1.54, 1.807) is 0 Å². The summed E-state index contributed by atoms with van der Waals surface area (Å²) < 4.78 is 12.5. The molecule has 0 bridgehead atoms. The lowest BCUT2D eigenvalue weighted by atomic mass is 10.3. The van der Waals surface area contributed by atoms with Crippen molar-refractivity contribution in [2.24, 2.45) is 5.73 Å². The molecule has 76 valence electrons. The van der Waals surface area contributed by atoms with Crippen LogP contribution in [-0.2, 0) is 4.79 Å². The molecule has 0 saturated heterocycles. The van der Waals surface area contributed by atoms with Crippen LogP contribution in [0.1, 0.15) is 0 Å². The normalized spacial score (nSPS) is 12.1. The highest BCUT2D eigenvalue weighted by atomic mass is 19.1. The van der Waals surface area contributed by atoms with Gasteiger partial charge in [0.05, 0.1) is 6.54 Å². The Labute approximate surface area is 79.8 Å². The van der Waals surface area contributed by atoms with Gasteiger partial charge >= 0.3 is 0 Å². The van der Waals surface area contributed by atoms with E-state index in [0.29, 0.717) is 0 Å². The Morgan fingerprint density at radius 2 is 2.43 bits per heavy atom. The van der Waals surface area contributed by atoms with Crippen molar-refractivity contribution in [3.05, 3.63) is 24.1 Å². The number of nitrogens with one attached hydrogen (secondary N) is 1. The van der Waals surface area contributed by atoms with Gasteiger partial charge in [-0.25, -0.2) is 4.98 Å². The molecule has 6 heteroatoms. The second kappa shape index (κ2) is 4.52. The van der Waals surface area contributed by atoms with Crippen molar-refractivity contribution >= 4 is 11.7 Å². The molecule has 4 N–H and O–H groups in total. The highest BCUT2D eigenvalue weighted by Crippen LogP contribution is 2.02. The Balaban J connectivity index is 2.49. The van der Waals surface area contributed by atoms with Crippen molar-refractivity contribution < 1.29 is 14.3 Å². The summed E-state index contributed by atoms with van der Waals surface area (Å²) in [7, 11) is 0. The molecule has 0 aromatic carbocycles. The molecule has 1 aromatic rings. The van der Waals surface area contributed by atoms with Gasteiger partial charge in [0.1, 0.15) is 11.9 Å². The molecule has 14 heavy (non-hydrogen) atoms.